The monoisotopic (exact) mass is 233 g/mol. The Morgan fingerprint density at radius 3 is 2.82 bits per heavy atom. The maximum absolute atomic E-state index is 13.0. The molecule has 1 aromatic heterocycles. The number of aromatic nitrogens is 1. The molecule has 1 N–H and O–H groups in total. The van der Waals surface area contributed by atoms with Gasteiger partial charge in [-0.05, 0) is 30.7 Å². The number of carbonyl (C=O) groups is 1. The van der Waals surface area contributed by atoms with E-state index < -0.39 is 5.97 Å². The average molecular weight is 233 g/mol. The van der Waals surface area contributed by atoms with Crippen molar-refractivity contribution in [3.05, 3.63) is 41.3 Å². The van der Waals surface area contributed by atoms with Crippen LogP contribution in [-0.2, 0) is 6.42 Å². The number of pyridine rings is 1. The molecule has 0 saturated carbocycles. The second-order valence-electron chi connectivity index (χ2n) is 3.87. The molecule has 0 aliphatic heterocycles. The van der Waals surface area contributed by atoms with Gasteiger partial charge in [-0.2, -0.15) is 0 Å². The van der Waals surface area contributed by atoms with E-state index in [0.29, 0.717) is 23.0 Å². The van der Waals surface area contributed by atoms with Gasteiger partial charge in [0.2, 0.25) is 0 Å². The van der Waals surface area contributed by atoms with Crippen molar-refractivity contribution >= 4 is 16.9 Å². The number of rotatable bonds is 3. The Morgan fingerprint density at radius 2 is 2.18 bits per heavy atom. The molecule has 0 spiro atoms. The molecule has 1 heterocycles. The van der Waals surface area contributed by atoms with Crippen LogP contribution in [0, 0.1) is 5.82 Å². The first-order chi connectivity index (χ1) is 8.11. The van der Waals surface area contributed by atoms with E-state index in [4.69, 9.17) is 5.11 Å². The lowest BCUT2D eigenvalue weighted by molar-refractivity contribution is 0.0695. The Kier molecular flexibility index (Phi) is 3.04. The van der Waals surface area contributed by atoms with E-state index in [2.05, 4.69) is 4.98 Å². The van der Waals surface area contributed by atoms with Gasteiger partial charge in [-0.1, -0.05) is 13.3 Å². The van der Waals surface area contributed by atoms with E-state index in [-0.39, 0.29) is 11.4 Å². The predicted octanol–water partition coefficient (Wildman–Crippen LogP) is 3.02. The fourth-order valence-electron chi connectivity index (χ4n) is 1.80. The van der Waals surface area contributed by atoms with Gasteiger partial charge < -0.3 is 5.11 Å². The Bertz CT molecular complexity index is 581. The summed E-state index contributed by atoms with van der Waals surface area (Å²) in [5.74, 6) is -1.41. The van der Waals surface area contributed by atoms with E-state index in [1.807, 2.05) is 6.92 Å². The fraction of sp³-hybridized carbons (Fsp3) is 0.231. The first-order valence-corrected chi connectivity index (χ1v) is 5.44. The summed E-state index contributed by atoms with van der Waals surface area (Å²) in [6.07, 6.45) is 1.43. The van der Waals surface area contributed by atoms with Gasteiger partial charge in [0.25, 0.3) is 0 Å². The Morgan fingerprint density at radius 1 is 1.41 bits per heavy atom. The summed E-state index contributed by atoms with van der Waals surface area (Å²) in [5, 5.41) is 9.60. The Labute approximate surface area is 97.9 Å². The largest absolute Gasteiger partial charge is 0.478 e. The van der Waals surface area contributed by atoms with Crippen LogP contribution in [0.15, 0.2) is 24.3 Å². The highest BCUT2D eigenvalue weighted by Gasteiger charge is 2.12. The van der Waals surface area contributed by atoms with Crippen LogP contribution in [0.4, 0.5) is 4.39 Å². The lowest BCUT2D eigenvalue weighted by atomic mass is 10.1. The van der Waals surface area contributed by atoms with Crippen molar-refractivity contribution < 1.29 is 14.3 Å². The highest BCUT2D eigenvalue weighted by Crippen LogP contribution is 2.19. The van der Waals surface area contributed by atoms with Gasteiger partial charge in [0, 0.05) is 5.39 Å². The molecule has 0 fully saturated rings. The molecule has 0 amide bonds. The molecule has 1 aromatic carbocycles. The predicted molar refractivity (Wildman–Crippen MR) is 62.7 cm³/mol. The van der Waals surface area contributed by atoms with Crippen LogP contribution < -0.4 is 0 Å². The van der Waals surface area contributed by atoms with Crippen LogP contribution in [0.5, 0.6) is 0 Å². The number of carboxylic acids is 1. The third kappa shape index (κ3) is 2.25. The topological polar surface area (TPSA) is 50.2 Å². The molecule has 2 rings (SSSR count). The van der Waals surface area contributed by atoms with Crippen LogP contribution in [0.25, 0.3) is 10.9 Å². The van der Waals surface area contributed by atoms with E-state index in [1.165, 1.54) is 18.2 Å². The molecule has 3 nitrogen and oxygen atoms in total. The smallest absolute Gasteiger partial charge is 0.337 e. The molecular formula is C13H12FNO2. The maximum Gasteiger partial charge on any atom is 0.337 e. The molecule has 4 heteroatoms. The minimum Gasteiger partial charge on any atom is -0.478 e. The molecule has 0 atom stereocenters. The summed E-state index contributed by atoms with van der Waals surface area (Å²) < 4.78 is 13.0. The molecule has 0 aliphatic rings. The van der Waals surface area contributed by atoms with Gasteiger partial charge in [-0.3, -0.25) is 4.98 Å². The van der Waals surface area contributed by atoms with Crippen molar-refractivity contribution in [3.8, 4) is 0 Å². The second-order valence-corrected chi connectivity index (χ2v) is 3.87. The van der Waals surface area contributed by atoms with Crippen LogP contribution >= 0.6 is 0 Å². The third-order valence-corrected chi connectivity index (χ3v) is 2.57. The van der Waals surface area contributed by atoms with Gasteiger partial charge in [0.1, 0.15) is 5.82 Å². The maximum atomic E-state index is 13.0. The average Bonchev–Trinajstić information content (AvgIpc) is 2.28. The summed E-state index contributed by atoms with van der Waals surface area (Å²) >= 11 is 0. The Balaban J connectivity index is 2.67. The number of aryl methyl sites for hydroxylation is 1. The lowest BCUT2D eigenvalue weighted by Gasteiger charge is -2.06. The quantitative estimate of drug-likeness (QED) is 0.886. The number of hydrogen-bond acceptors (Lipinski definition) is 2. The van der Waals surface area contributed by atoms with E-state index >= 15 is 0 Å². The van der Waals surface area contributed by atoms with Crippen molar-refractivity contribution in [3.63, 3.8) is 0 Å². The van der Waals surface area contributed by atoms with Gasteiger partial charge in [0.05, 0.1) is 16.8 Å². The van der Waals surface area contributed by atoms with Crippen molar-refractivity contribution in [1.82, 2.24) is 4.98 Å². The first kappa shape index (κ1) is 11.5. The molecule has 0 bridgehead atoms. The molecule has 0 unspecified atom stereocenters. The number of fused-ring (bicyclic) bond motifs is 1. The number of aromatic carboxylic acids is 1. The minimum atomic E-state index is -1.02. The zero-order valence-electron chi connectivity index (χ0n) is 9.40. The number of benzene rings is 1. The molecule has 88 valence electrons. The minimum absolute atomic E-state index is 0.157. The summed E-state index contributed by atoms with van der Waals surface area (Å²) in [5.41, 5.74) is 1.34. The van der Waals surface area contributed by atoms with Crippen LogP contribution in [0.2, 0.25) is 0 Å². The molecule has 0 radical (unpaired) electrons. The first-order valence-electron chi connectivity index (χ1n) is 5.44. The van der Waals surface area contributed by atoms with Gasteiger partial charge >= 0.3 is 5.97 Å². The fourth-order valence-corrected chi connectivity index (χ4v) is 1.80. The Hall–Kier alpha value is -1.97. The van der Waals surface area contributed by atoms with Crippen molar-refractivity contribution in [2.45, 2.75) is 19.8 Å². The number of halogens is 1. The van der Waals surface area contributed by atoms with Crippen LogP contribution in [-0.4, -0.2) is 16.1 Å². The van der Waals surface area contributed by atoms with E-state index in [0.717, 1.165) is 6.42 Å². The number of hydrogen-bond donors (Lipinski definition) is 1. The SMILES string of the molecule is CCCc1nc2ccc(F)cc2cc1C(=O)O. The molecular weight excluding hydrogens is 221 g/mol. The van der Waals surface area contributed by atoms with E-state index in [1.54, 1.807) is 6.07 Å². The molecule has 2 aromatic rings. The van der Waals surface area contributed by atoms with Gasteiger partial charge in [-0.25, -0.2) is 9.18 Å². The highest BCUT2D eigenvalue weighted by atomic mass is 19.1. The van der Waals surface area contributed by atoms with E-state index in [9.17, 15) is 9.18 Å². The normalized spacial score (nSPS) is 10.7. The molecule has 0 saturated heterocycles. The number of nitrogens with zero attached hydrogens (tertiary/aromatic N) is 1. The summed E-state index contributed by atoms with van der Waals surface area (Å²) in [6, 6.07) is 5.67. The lowest BCUT2D eigenvalue weighted by Crippen LogP contribution is -2.05. The van der Waals surface area contributed by atoms with Gasteiger partial charge in [-0.15, -0.1) is 0 Å². The number of carboxylic acid groups (broad SMARTS) is 1. The summed E-state index contributed by atoms with van der Waals surface area (Å²) in [6.45, 7) is 1.96. The standard InChI is InChI=1S/C13H12FNO2/c1-2-3-12-10(13(16)17)7-8-6-9(14)4-5-11(8)15-12/h4-7H,2-3H2,1H3,(H,16,17). The van der Waals surface area contributed by atoms with Crippen molar-refractivity contribution in [2.75, 3.05) is 0 Å². The summed E-state index contributed by atoms with van der Waals surface area (Å²) in [7, 11) is 0. The zero-order valence-corrected chi connectivity index (χ0v) is 9.40. The van der Waals surface area contributed by atoms with Crippen molar-refractivity contribution in [2.24, 2.45) is 0 Å². The molecule has 0 aliphatic carbocycles. The highest BCUT2D eigenvalue weighted by molar-refractivity contribution is 5.94. The van der Waals surface area contributed by atoms with Crippen molar-refractivity contribution in [1.29, 1.82) is 0 Å². The van der Waals surface area contributed by atoms with Crippen LogP contribution in [0.1, 0.15) is 29.4 Å². The zero-order chi connectivity index (χ0) is 12.4. The van der Waals surface area contributed by atoms with Gasteiger partial charge in [0.15, 0.2) is 0 Å². The van der Waals surface area contributed by atoms with Crippen LogP contribution in [0.3, 0.4) is 0 Å². The molecule has 17 heavy (non-hydrogen) atoms. The summed E-state index contributed by atoms with van der Waals surface area (Å²) in [4.78, 5) is 15.4. The second kappa shape index (κ2) is 4.49. The third-order valence-electron chi connectivity index (χ3n) is 2.57.